The van der Waals surface area contributed by atoms with Gasteiger partial charge in [0.2, 0.25) is 0 Å². The summed E-state index contributed by atoms with van der Waals surface area (Å²) in [5, 5.41) is 5.26. The average Bonchev–Trinajstić information content (AvgIpc) is 3.26. The minimum absolute atomic E-state index is 0.0527. The molecule has 1 aromatic carbocycles. The Morgan fingerprint density at radius 3 is 2.85 bits per heavy atom. The maximum Gasteiger partial charge on any atom is 0.196 e. The lowest BCUT2D eigenvalue weighted by molar-refractivity contribution is -0.252. The molecule has 0 saturated carbocycles. The molecular formula is C19H25Cl2N3O3. The van der Waals surface area contributed by atoms with E-state index in [9.17, 15) is 0 Å². The van der Waals surface area contributed by atoms with Crippen molar-refractivity contribution in [2.75, 3.05) is 13.2 Å². The van der Waals surface area contributed by atoms with Crippen LogP contribution >= 0.6 is 23.2 Å². The van der Waals surface area contributed by atoms with E-state index >= 15 is 0 Å². The zero-order valence-electron chi connectivity index (χ0n) is 15.8. The second-order valence-corrected chi connectivity index (χ2v) is 8.28. The third kappa shape index (κ3) is 4.57. The van der Waals surface area contributed by atoms with Gasteiger partial charge in [-0.15, -0.1) is 0 Å². The number of ether oxygens (including phenoxy) is 3. The van der Waals surface area contributed by atoms with Crippen LogP contribution in [0.4, 0.5) is 0 Å². The van der Waals surface area contributed by atoms with Gasteiger partial charge < -0.3 is 14.2 Å². The third-order valence-corrected chi connectivity index (χ3v) is 5.35. The summed E-state index contributed by atoms with van der Waals surface area (Å²) in [6, 6.07) is 5.18. The van der Waals surface area contributed by atoms with Gasteiger partial charge in [-0.1, -0.05) is 50.4 Å². The molecule has 0 amide bonds. The highest BCUT2D eigenvalue weighted by atomic mass is 35.5. The van der Waals surface area contributed by atoms with Crippen LogP contribution in [0.5, 0.6) is 5.75 Å². The second-order valence-electron chi connectivity index (χ2n) is 7.43. The Labute approximate surface area is 169 Å². The van der Waals surface area contributed by atoms with E-state index in [1.54, 1.807) is 29.2 Å². The van der Waals surface area contributed by atoms with Crippen LogP contribution in [-0.2, 0) is 16.0 Å². The van der Waals surface area contributed by atoms with Gasteiger partial charge >= 0.3 is 0 Å². The van der Waals surface area contributed by atoms with Crippen LogP contribution in [0.2, 0.25) is 10.0 Å². The molecule has 2 heterocycles. The lowest BCUT2D eigenvalue weighted by atomic mass is 9.83. The first-order chi connectivity index (χ1) is 12.9. The van der Waals surface area contributed by atoms with Crippen molar-refractivity contribution in [2.24, 2.45) is 5.41 Å². The van der Waals surface area contributed by atoms with Crippen LogP contribution in [0, 0.1) is 5.41 Å². The van der Waals surface area contributed by atoms with Crippen LogP contribution in [-0.4, -0.2) is 39.9 Å². The molecule has 1 saturated heterocycles. The summed E-state index contributed by atoms with van der Waals surface area (Å²) in [5.41, 5.74) is -0.482. The van der Waals surface area contributed by atoms with Gasteiger partial charge in [-0.05, 0) is 24.6 Å². The zero-order valence-corrected chi connectivity index (χ0v) is 17.3. The molecule has 2 aromatic rings. The van der Waals surface area contributed by atoms with E-state index in [1.165, 1.54) is 6.33 Å². The second kappa shape index (κ2) is 8.35. The average molecular weight is 414 g/mol. The topological polar surface area (TPSA) is 58.4 Å². The van der Waals surface area contributed by atoms with Gasteiger partial charge in [0, 0.05) is 5.02 Å². The molecule has 0 spiro atoms. The molecule has 6 nitrogen and oxygen atoms in total. The van der Waals surface area contributed by atoms with Gasteiger partial charge in [-0.25, -0.2) is 9.67 Å². The van der Waals surface area contributed by atoms with E-state index in [2.05, 4.69) is 30.9 Å². The number of hydrogen-bond acceptors (Lipinski definition) is 5. The molecule has 148 valence electrons. The van der Waals surface area contributed by atoms with Crippen molar-refractivity contribution in [3.8, 4) is 5.75 Å². The lowest BCUT2D eigenvalue weighted by Crippen LogP contribution is -2.52. The summed E-state index contributed by atoms with van der Waals surface area (Å²) in [6.07, 6.45) is 5.19. The highest BCUT2D eigenvalue weighted by molar-refractivity contribution is 6.35. The van der Waals surface area contributed by atoms with Crippen LogP contribution in [0.15, 0.2) is 30.9 Å². The summed E-state index contributed by atoms with van der Waals surface area (Å²) in [6.45, 7) is 7.58. The van der Waals surface area contributed by atoms with Crippen molar-refractivity contribution in [2.45, 2.75) is 52.0 Å². The molecule has 1 aliphatic heterocycles. The smallest absolute Gasteiger partial charge is 0.196 e. The van der Waals surface area contributed by atoms with E-state index in [-0.39, 0.29) is 6.10 Å². The molecule has 2 unspecified atom stereocenters. The fraction of sp³-hybridized carbons (Fsp3) is 0.579. The first kappa shape index (κ1) is 20.4. The van der Waals surface area contributed by atoms with E-state index < -0.39 is 11.2 Å². The van der Waals surface area contributed by atoms with E-state index in [4.69, 9.17) is 37.4 Å². The maximum atomic E-state index is 6.42. The maximum absolute atomic E-state index is 6.42. The normalized spacial score (nSPS) is 22.9. The van der Waals surface area contributed by atoms with Crippen LogP contribution in [0.1, 0.15) is 33.6 Å². The lowest BCUT2D eigenvalue weighted by Gasteiger charge is -2.41. The zero-order chi connectivity index (χ0) is 19.5. The number of nitrogens with zero attached hydrogens (tertiary/aromatic N) is 3. The summed E-state index contributed by atoms with van der Waals surface area (Å²) in [5.74, 6) is -0.299. The molecule has 0 radical (unpaired) electrons. The molecule has 27 heavy (non-hydrogen) atoms. The molecule has 0 bridgehead atoms. The largest absolute Gasteiger partial charge is 0.491 e. The van der Waals surface area contributed by atoms with Gasteiger partial charge in [0.1, 0.15) is 18.4 Å². The predicted octanol–water partition coefficient (Wildman–Crippen LogP) is 4.60. The number of benzene rings is 1. The predicted molar refractivity (Wildman–Crippen MR) is 104 cm³/mol. The highest BCUT2D eigenvalue weighted by Crippen LogP contribution is 2.43. The Morgan fingerprint density at radius 2 is 2.19 bits per heavy atom. The molecule has 3 rings (SSSR count). The van der Waals surface area contributed by atoms with E-state index in [0.717, 1.165) is 12.8 Å². The van der Waals surface area contributed by atoms with Crippen molar-refractivity contribution in [1.82, 2.24) is 14.8 Å². The summed E-state index contributed by atoms with van der Waals surface area (Å²) >= 11 is 12.2. The number of halogens is 2. The molecule has 2 atom stereocenters. The molecule has 1 aliphatic rings. The molecule has 0 N–H and O–H groups in total. The van der Waals surface area contributed by atoms with Gasteiger partial charge in [0.15, 0.2) is 5.79 Å². The SMILES string of the molecule is CCCC1COC(Cn2cncn2)(C(C)(C)COc2ccc(Cl)cc2Cl)O1. The van der Waals surface area contributed by atoms with Crippen molar-refractivity contribution in [1.29, 1.82) is 0 Å². The standard InChI is InChI=1S/C19H25Cl2N3O3/c1-4-5-15-9-26-19(27-15,10-24-13-22-12-23-24)18(2,3)11-25-17-7-6-14(20)8-16(17)21/h6-8,12-13,15H,4-5,9-11H2,1-3H3. The summed E-state index contributed by atoms with van der Waals surface area (Å²) in [4.78, 5) is 4.03. The van der Waals surface area contributed by atoms with Gasteiger partial charge in [-0.2, -0.15) is 5.10 Å². The van der Waals surface area contributed by atoms with Crippen LogP contribution in [0.3, 0.4) is 0 Å². The van der Waals surface area contributed by atoms with Crippen molar-refractivity contribution in [3.63, 3.8) is 0 Å². The fourth-order valence-electron chi connectivity index (χ4n) is 3.17. The summed E-state index contributed by atoms with van der Waals surface area (Å²) in [7, 11) is 0. The Kier molecular flexibility index (Phi) is 6.31. The molecule has 8 heteroatoms. The quantitative estimate of drug-likeness (QED) is 0.632. The van der Waals surface area contributed by atoms with Gasteiger partial charge in [0.05, 0.1) is 36.3 Å². The van der Waals surface area contributed by atoms with Crippen molar-refractivity contribution >= 4 is 23.2 Å². The van der Waals surface area contributed by atoms with Crippen LogP contribution in [0.25, 0.3) is 0 Å². The molecule has 1 fully saturated rings. The minimum atomic E-state index is -0.876. The Bertz CT molecular complexity index is 755. The van der Waals surface area contributed by atoms with Crippen molar-refractivity contribution in [3.05, 3.63) is 40.9 Å². The Morgan fingerprint density at radius 1 is 1.37 bits per heavy atom. The number of aromatic nitrogens is 3. The molecule has 1 aromatic heterocycles. The highest BCUT2D eigenvalue weighted by Gasteiger charge is 2.54. The summed E-state index contributed by atoms with van der Waals surface area (Å²) < 4.78 is 20.4. The van der Waals surface area contributed by atoms with Crippen molar-refractivity contribution < 1.29 is 14.2 Å². The number of hydrogen-bond donors (Lipinski definition) is 0. The molecule has 0 aliphatic carbocycles. The third-order valence-electron chi connectivity index (χ3n) is 4.82. The first-order valence-electron chi connectivity index (χ1n) is 9.07. The minimum Gasteiger partial charge on any atom is -0.491 e. The number of rotatable bonds is 8. The fourth-order valence-corrected chi connectivity index (χ4v) is 3.63. The molecular weight excluding hydrogens is 389 g/mol. The Balaban J connectivity index is 1.79. The van der Waals surface area contributed by atoms with E-state index in [1.807, 2.05) is 0 Å². The monoisotopic (exact) mass is 413 g/mol. The van der Waals surface area contributed by atoms with E-state index in [0.29, 0.717) is 35.6 Å². The Hall–Kier alpha value is -1.34. The van der Waals surface area contributed by atoms with Gasteiger partial charge in [-0.3, -0.25) is 0 Å². The van der Waals surface area contributed by atoms with Crippen LogP contribution < -0.4 is 4.74 Å². The van der Waals surface area contributed by atoms with Gasteiger partial charge in [0.25, 0.3) is 0 Å². The first-order valence-corrected chi connectivity index (χ1v) is 9.83.